The summed E-state index contributed by atoms with van der Waals surface area (Å²) >= 11 is 0. The first-order valence-corrected chi connectivity index (χ1v) is 16.1. The number of ketones is 1. The number of benzene rings is 1. The van der Waals surface area contributed by atoms with Gasteiger partial charge in [-0.15, -0.1) is 0 Å². The second kappa shape index (κ2) is 15.1. The number of hydrogen-bond acceptors (Lipinski definition) is 6. The van der Waals surface area contributed by atoms with Crippen molar-refractivity contribution in [1.82, 2.24) is 15.5 Å². The molecule has 1 aromatic rings. The summed E-state index contributed by atoms with van der Waals surface area (Å²) in [5.41, 5.74) is 0.290. The Bertz CT molecular complexity index is 1480. The maximum Gasteiger partial charge on any atom is 0.460 e. The van der Waals surface area contributed by atoms with Crippen LogP contribution in [0.3, 0.4) is 0 Å². The number of Topliss-reactive ketones (excluding diaryl/α,β-unsaturated/α-hetero) is 1. The van der Waals surface area contributed by atoms with Gasteiger partial charge in [0.1, 0.15) is 18.1 Å². The molecule has 0 aromatic heterocycles. The van der Waals surface area contributed by atoms with Gasteiger partial charge in [0.2, 0.25) is 5.78 Å². The summed E-state index contributed by atoms with van der Waals surface area (Å²) in [6.07, 6.45) is -6.82. The molecule has 1 aromatic carbocycles. The summed E-state index contributed by atoms with van der Waals surface area (Å²) in [4.78, 5) is 68.4. The molecular weight excluding hydrogens is 707 g/mol. The number of ether oxygens (including phenoxy) is 1. The van der Waals surface area contributed by atoms with Crippen LogP contribution in [0.15, 0.2) is 24.3 Å². The van der Waals surface area contributed by atoms with Crippen LogP contribution >= 0.6 is 0 Å². The van der Waals surface area contributed by atoms with Crippen molar-refractivity contribution < 1.29 is 72.7 Å². The highest BCUT2D eigenvalue weighted by atomic mass is 19.4. The molecule has 5 amide bonds. The van der Waals surface area contributed by atoms with Gasteiger partial charge in [-0.3, -0.25) is 19.7 Å². The zero-order valence-electron chi connectivity index (χ0n) is 28.4. The lowest BCUT2D eigenvalue weighted by atomic mass is 9.90. The van der Waals surface area contributed by atoms with Gasteiger partial charge in [0.15, 0.2) is 0 Å². The number of rotatable bonds is 11. The monoisotopic (exact) mass is 747 g/mol. The summed E-state index contributed by atoms with van der Waals surface area (Å²) in [7, 11) is 0. The lowest BCUT2D eigenvalue weighted by Gasteiger charge is -2.39. The van der Waals surface area contributed by atoms with Gasteiger partial charge in [-0.25, -0.2) is 9.59 Å². The van der Waals surface area contributed by atoms with E-state index in [-0.39, 0.29) is 36.4 Å². The highest BCUT2D eigenvalue weighted by Gasteiger charge is 2.84. The second-order valence-electron chi connectivity index (χ2n) is 13.4. The minimum Gasteiger partial charge on any atom is -0.378 e. The van der Waals surface area contributed by atoms with Crippen LogP contribution in [0.1, 0.15) is 68.2 Å². The maximum absolute atomic E-state index is 14.7. The molecule has 10 nitrogen and oxygen atoms in total. The van der Waals surface area contributed by atoms with Crippen LogP contribution in [0.4, 0.5) is 44.3 Å². The molecule has 2 unspecified atom stereocenters. The Morgan fingerprint density at radius 3 is 1.75 bits per heavy atom. The third-order valence-electron chi connectivity index (χ3n) is 9.23. The molecule has 3 rings (SSSR count). The molecule has 0 saturated carbocycles. The highest BCUT2D eigenvalue weighted by Crippen LogP contribution is 2.53. The number of halogens is 9. The lowest BCUT2D eigenvalue weighted by molar-refractivity contribution is -0.786. The van der Waals surface area contributed by atoms with Gasteiger partial charge in [0.25, 0.3) is 11.8 Å². The minimum atomic E-state index is -7.33. The van der Waals surface area contributed by atoms with E-state index in [0.717, 1.165) is 13.8 Å². The zero-order chi connectivity index (χ0) is 38.9. The van der Waals surface area contributed by atoms with E-state index in [0.29, 0.717) is 26.3 Å². The summed E-state index contributed by atoms with van der Waals surface area (Å²) in [6.45, 7) is 7.47. The van der Waals surface area contributed by atoms with E-state index in [1.165, 1.54) is 45.0 Å². The first-order chi connectivity index (χ1) is 23.4. The van der Waals surface area contributed by atoms with E-state index in [1.54, 1.807) is 10.2 Å². The number of imide groups is 1. The fraction of sp³-hybridized carbons (Fsp3) is 0.656. The third-order valence-corrected chi connectivity index (χ3v) is 9.23. The average Bonchev–Trinajstić information content (AvgIpc) is 3.46. The predicted octanol–water partition coefficient (Wildman–Crippen LogP) is 5.21. The summed E-state index contributed by atoms with van der Waals surface area (Å²) < 4.78 is 127. The smallest absolute Gasteiger partial charge is 0.378 e. The molecule has 0 aliphatic carbocycles. The summed E-state index contributed by atoms with van der Waals surface area (Å²) in [5, 5.41) is 4.29. The fourth-order valence-corrected chi connectivity index (χ4v) is 6.01. The Hall–Kier alpha value is -3.74. The molecule has 2 saturated heterocycles. The fourth-order valence-electron chi connectivity index (χ4n) is 6.01. The Kier molecular flexibility index (Phi) is 12.3. The molecule has 2 fully saturated rings. The van der Waals surface area contributed by atoms with E-state index in [1.807, 2.05) is 0 Å². The molecule has 51 heavy (non-hydrogen) atoms. The zero-order valence-corrected chi connectivity index (χ0v) is 28.4. The molecule has 0 bridgehead atoms. The van der Waals surface area contributed by atoms with Crippen LogP contribution in [0, 0.1) is 11.8 Å². The molecule has 4 atom stereocenters. The van der Waals surface area contributed by atoms with Gasteiger partial charge < -0.3 is 15.0 Å². The van der Waals surface area contributed by atoms with Crippen molar-refractivity contribution >= 4 is 29.5 Å². The number of morpholine rings is 1. The molecular formula is C32H40F9N4O6+. The number of hydrogen-bond donors (Lipinski definition) is 2. The first-order valence-electron chi connectivity index (χ1n) is 16.1. The molecule has 19 heteroatoms. The topological polar surface area (TPSA) is 122 Å². The number of alkyl halides is 9. The van der Waals surface area contributed by atoms with Gasteiger partial charge in [-0.2, -0.15) is 44.0 Å². The number of quaternary nitrogens is 1. The average molecular weight is 748 g/mol. The van der Waals surface area contributed by atoms with E-state index >= 15 is 0 Å². The van der Waals surface area contributed by atoms with Gasteiger partial charge >= 0.3 is 35.9 Å². The van der Waals surface area contributed by atoms with Crippen LogP contribution < -0.4 is 10.6 Å². The summed E-state index contributed by atoms with van der Waals surface area (Å²) in [5.74, 6) is -28.7. The largest absolute Gasteiger partial charge is 0.460 e. The van der Waals surface area contributed by atoms with Crippen molar-refractivity contribution in [2.75, 3.05) is 32.8 Å². The van der Waals surface area contributed by atoms with Crippen molar-refractivity contribution in [2.24, 2.45) is 11.8 Å². The van der Waals surface area contributed by atoms with Gasteiger partial charge in [0, 0.05) is 37.1 Å². The van der Waals surface area contributed by atoms with E-state index in [2.05, 4.69) is 5.32 Å². The van der Waals surface area contributed by atoms with Crippen LogP contribution in [0.5, 0.6) is 0 Å². The first kappa shape index (κ1) is 41.7. The van der Waals surface area contributed by atoms with Crippen molar-refractivity contribution in [3.8, 4) is 0 Å². The Balaban J connectivity index is 1.90. The highest BCUT2D eigenvalue weighted by molar-refractivity contribution is 6.00. The normalized spacial score (nSPS) is 21.7. The Morgan fingerprint density at radius 1 is 0.784 bits per heavy atom. The molecule has 2 N–H and O–H groups in total. The second-order valence-corrected chi connectivity index (χ2v) is 13.4. The van der Waals surface area contributed by atoms with Crippen molar-refractivity contribution in [1.29, 1.82) is 0 Å². The third kappa shape index (κ3) is 7.73. The maximum atomic E-state index is 14.7. The van der Waals surface area contributed by atoms with Crippen molar-refractivity contribution in [3.63, 3.8) is 0 Å². The SMILES string of the molecule is CC(C)C(NC(=O)[N+]1(C(=O)[C@@H](NC(=O)c2ccc(C(=O)N3CCOCC3)cc2)C(C)C)CCC[C@H]1C)C(=O)C(F)(F)C(F)(F)C(F)(F)C(F)(F)F. The van der Waals surface area contributed by atoms with Crippen molar-refractivity contribution in [3.05, 3.63) is 35.4 Å². The van der Waals surface area contributed by atoms with Gasteiger partial charge in [-0.05, 0) is 43.0 Å². The van der Waals surface area contributed by atoms with E-state index < -0.39 is 82.0 Å². The van der Waals surface area contributed by atoms with E-state index in [9.17, 15) is 63.5 Å². The molecule has 2 heterocycles. The number of likely N-dealkylation sites (tertiary alicyclic amines) is 1. The van der Waals surface area contributed by atoms with Crippen LogP contribution in [0.25, 0.3) is 0 Å². The van der Waals surface area contributed by atoms with Crippen LogP contribution in [0.2, 0.25) is 0 Å². The molecule has 2 aliphatic rings. The molecule has 2 aliphatic heterocycles. The van der Waals surface area contributed by atoms with Crippen molar-refractivity contribution in [2.45, 2.75) is 89.5 Å². The van der Waals surface area contributed by atoms with E-state index in [4.69, 9.17) is 4.74 Å². The van der Waals surface area contributed by atoms with Crippen LogP contribution in [-0.4, -0.2) is 114 Å². The Labute approximate surface area is 287 Å². The Morgan fingerprint density at radius 2 is 1.29 bits per heavy atom. The minimum absolute atomic E-state index is 0.0155. The number of amides is 5. The number of carbonyl (C=O) groups is 5. The number of urea groups is 1. The molecule has 0 radical (unpaired) electrons. The number of carbonyl (C=O) groups excluding carboxylic acids is 5. The lowest BCUT2D eigenvalue weighted by Crippen LogP contribution is -2.71. The standard InChI is InChI=1S/C32H39F9N4O6/c1-17(2)22(24(46)29(33,34)30(35,36)31(37,38)32(39,40)41)43-28(50)45(14-6-7-19(45)5)27(49)23(18(3)4)42-25(47)20-8-10-21(11-9-20)26(48)44-12-15-51-16-13-44/h8-11,17-19,22-23H,6-7,12-16H2,1-5H3,(H-,42,43,47,50)/p+1/t19-,22?,23+,45?/m1/s1. The number of nitrogens with one attached hydrogen (secondary N) is 2. The predicted molar refractivity (Wildman–Crippen MR) is 161 cm³/mol. The summed E-state index contributed by atoms with van der Waals surface area (Å²) in [6, 6.07) is -1.17. The molecule has 0 spiro atoms. The quantitative estimate of drug-likeness (QED) is 0.237. The molecule has 286 valence electrons. The van der Waals surface area contributed by atoms with Gasteiger partial charge in [-0.1, -0.05) is 27.7 Å². The van der Waals surface area contributed by atoms with Gasteiger partial charge in [0.05, 0.1) is 19.8 Å². The van der Waals surface area contributed by atoms with Crippen LogP contribution in [-0.2, 0) is 14.3 Å². The number of nitrogens with zero attached hydrogens (tertiary/aromatic N) is 2.